The molecule has 0 aliphatic heterocycles. The van der Waals surface area contributed by atoms with Crippen LogP contribution in [0.3, 0.4) is 0 Å². The van der Waals surface area contributed by atoms with E-state index in [4.69, 9.17) is 0 Å². The number of phenolic OH excluding ortho intramolecular Hbond substituents is 1. The van der Waals surface area contributed by atoms with Gasteiger partial charge in [0, 0.05) is 6.42 Å². The Balaban J connectivity index is 0. The van der Waals surface area contributed by atoms with Crippen LogP contribution in [0.25, 0.3) is 0 Å². The number of carbonyl (C=O) groups is 2. The van der Waals surface area contributed by atoms with Gasteiger partial charge in [0.25, 0.3) is 5.91 Å². The zero-order chi connectivity index (χ0) is 14.8. The van der Waals surface area contributed by atoms with Gasteiger partial charge in [-0.2, -0.15) is 5.48 Å². The van der Waals surface area contributed by atoms with Crippen molar-refractivity contribution in [3.8, 4) is 5.75 Å². The molecule has 1 aromatic rings. The molecule has 0 saturated carbocycles. The van der Waals surface area contributed by atoms with Crippen molar-refractivity contribution < 1.29 is 50.5 Å². The summed E-state index contributed by atoms with van der Waals surface area (Å²) in [5, 5.41) is 9.47. The van der Waals surface area contributed by atoms with Gasteiger partial charge >= 0.3 is 35.5 Å². The average molecular weight is 303 g/mol. The molecule has 1 aromatic carbocycles. The van der Waals surface area contributed by atoms with E-state index in [-0.39, 0.29) is 48.7 Å². The van der Waals surface area contributed by atoms with Crippen molar-refractivity contribution in [2.45, 2.75) is 45.4 Å². The first-order chi connectivity index (χ1) is 9.65. The molecule has 0 heterocycles. The van der Waals surface area contributed by atoms with Crippen molar-refractivity contribution in [2.24, 2.45) is 0 Å². The second-order valence-corrected chi connectivity index (χ2v) is 4.59. The van der Waals surface area contributed by atoms with Crippen molar-refractivity contribution in [3.63, 3.8) is 0 Å². The molecule has 2 N–H and O–H groups in total. The normalized spacial score (nSPS) is 9.57. The number of carbonyl (C=O) groups excluding carboxylic acids is 2. The molecule has 1 amide bonds. The molecule has 21 heavy (non-hydrogen) atoms. The van der Waals surface area contributed by atoms with Crippen molar-refractivity contribution in [2.75, 3.05) is 0 Å². The molecule has 0 aromatic heterocycles. The summed E-state index contributed by atoms with van der Waals surface area (Å²) in [6.45, 7) is 2.13. The van der Waals surface area contributed by atoms with E-state index in [1.54, 1.807) is 12.1 Å². The van der Waals surface area contributed by atoms with Gasteiger partial charge in [-0.05, 0) is 18.6 Å². The van der Waals surface area contributed by atoms with E-state index >= 15 is 0 Å². The zero-order valence-electron chi connectivity index (χ0n) is 13.7. The number of benzene rings is 1. The molecule has 0 spiro atoms. The predicted octanol–water partition coefficient (Wildman–Crippen LogP) is 0.0572. The molecule has 0 radical (unpaired) electrons. The molecule has 6 heteroatoms. The van der Waals surface area contributed by atoms with Crippen molar-refractivity contribution >= 4 is 11.9 Å². The third kappa shape index (κ3) is 8.09. The molecule has 1 rings (SSSR count). The summed E-state index contributed by atoms with van der Waals surface area (Å²) in [5.74, 6) is -1.26. The largest absolute Gasteiger partial charge is 1.00 e. The smallest absolute Gasteiger partial charge is 1.00 e. The van der Waals surface area contributed by atoms with Gasteiger partial charge in [-0.25, -0.2) is 4.79 Å². The summed E-state index contributed by atoms with van der Waals surface area (Å²) in [7, 11) is 0. The minimum Gasteiger partial charge on any atom is -1.00 e. The number of unbranched alkanes of at least 4 members (excludes halogenated alkanes) is 4. The van der Waals surface area contributed by atoms with Gasteiger partial charge in [0.1, 0.15) is 5.75 Å². The standard InChI is InChI=1S/C15H21NO4.Na.H/c1-2-3-4-5-6-11-14(18)20-16-15(19)12-9-7-8-10-13(12)17;;/h7-10,17H,2-6,11H2,1H3,(H,16,19);;/q;+1;-1. The number of nitrogens with one attached hydrogen (secondary N) is 1. The number of rotatable bonds is 7. The molecule has 0 atom stereocenters. The molecular formula is C15H22NNaO4. The molecule has 0 fully saturated rings. The molecule has 0 unspecified atom stereocenters. The number of phenols is 1. The Morgan fingerprint density at radius 2 is 1.86 bits per heavy atom. The third-order valence-corrected chi connectivity index (χ3v) is 2.89. The molecule has 5 nitrogen and oxygen atoms in total. The summed E-state index contributed by atoms with van der Waals surface area (Å²) in [5.41, 5.74) is 2.12. The number of aromatic hydroxyl groups is 1. The van der Waals surface area contributed by atoms with Gasteiger partial charge in [-0.3, -0.25) is 4.79 Å². The Labute approximate surface area is 148 Å². The first-order valence-corrected chi connectivity index (χ1v) is 6.93. The fourth-order valence-electron chi connectivity index (χ4n) is 1.75. The second-order valence-electron chi connectivity index (χ2n) is 4.59. The van der Waals surface area contributed by atoms with E-state index in [0.717, 1.165) is 25.7 Å². The minimum absolute atomic E-state index is 0. The Morgan fingerprint density at radius 3 is 2.52 bits per heavy atom. The Kier molecular flexibility index (Phi) is 11.0. The summed E-state index contributed by atoms with van der Waals surface area (Å²) >= 11 is 0. The van der Waals surface area contributed by atoms with Gasteiger partial charge in [-0.15, -0.1) is 0 Å². The van der Waals surface area contributed by atoms with E-state index in [2.05, 4.69) is 11.8 Å². The van der Waals surface area contributed by atoms with E-state index in [1.165, 1.54) is 18.6 Å². The van der Waals surface area contributed by atoms with Crippen LogP contribution in [0, 0.1) is 0 Å². The molecule has 0 aliphatic carbocycles. The van der Waals surface area contributed by atoms with E-state index in [0.29, 0.717) is 0 Å². The van der Waals surface area contributed by atoms with Crippen LogP contribution >= 0.6 is 0 Å². The average Bonchev–Trinajstić information content (AvgIpc) is 2.45. The summed E-state index contributed by atoms with van der Waals surface area (Å²) in [4.78, 5) is 27.7. The van der Waals surface area contributed by atoms with Crippen LogP contribution < -0.4 is 35.0 Å². The zero-order valence-corrected chi connectivity index (χ0v) is 14.7. The number of hydroxylamine groups is 1. The van der Waals surface area contributed by atoms with Crippen LogP contribution in [0.4, 0.5) is 0 Å². The van der Waals surface area contributed by atoms with Crippen LogP contribution in [-0.2, 0) is 9.63 Å². The number of hydrogen-bond acceptors (Lipinski definition) is 4. The number of hydrogen-bond donors (Lipinski definition) is 2. The maximum absolute atomic E-state index is 11.6. The minimum atomic E-state index is -0.637. The predicted molar refractivity (Wildman–Crippen MR) is 76.2 cm³/mol. The molecule has 0 aliphatic rings. The second kappa shape index (κ2) is 11.6. The van der Waals surface area contributed by atoms with E-state index < -0.39 is 11.9 Å². The SMILES string of the molecule is CCCCCCCC(=O)ONC(=O)c1ccccc1O.[H-].[Na+]. The van der Waals surface area contributed by atoms with Crippen molar-refractivity contribution in [3.05, 3.63) is 29.8 Å². The summed E-state index contributed by atoms with van der Waals surface area (Å²) < 4.78 is 0. The summed E-state index contributed by atoms with van der Waals surface area (Å²) in [6, 6.07) is 6.06. The molecule has 112 valence electrons. The topological polar surface area (TPSA) is 75.6 Å². The van der Waals surface area contributed by atoms with Crippen LogP contribution in [-0.4, -0.2) is 17.0 Å². The Morgan fingerprint density at radius 1 is 1.19 bits per heavy atom. The first-order valence-electron chi connectivity index (χ1n) is 6.93. The molecule has 0 bridgehead atoms. The van der Waals surface area contributed by atoms with Gasteiger partial charge in [0.15, 0.2) is 0 Å². The quantitative estimate of drug-likeness (QED) is 0.424. The number of amides is 1. The van der Waals surface area contributed by atoms with E-state index in [1.807, 2.05) is 5.48 Å². The van der Waals surface area contributed by atoms with Crippen LogP contribution in [0.1, 0.15) is 57.2 Å². The Bertz CT molecular complexity index is 457. The van der Waals surface area contributed by atoms with Gasteiger partial charge in [0.05, 0.1) is 5.56 Å². The van der Waals surface area contributed by atoms with Crippen LogP contribution in [0.5, 0.6) is 5.75 Å². The van der Waals surface area contributed by atoms with Gasteiger partial charge in [-0.1, -0.05) is 44.7 Å². The summed E-state index contributed by atoms with van der Waals surface area (Å²) in [6.07, 6.45) is 5.45. The van der Waals surface area contributed by atoms with Crippen molar-refractivity contribution in [1.82, 2.24) is 5.48 Å². The molecular weight excluding hydrogens is 281 g/mol. The maximum atomic E-state index is 11.6. The van der Waals surface area contributed by atoms with Crippen LogP contribution in [0.2, 0.25) is 0 Å². The Hall–Kier alpha value is -1.04. The van der Waals surface area contributed by atoms with Gasteiger partial charge < -0.3 is 11.4 Å². The van der Waals surface area contributed by atoms with Gasteiger partial charge in [0.2, 0.25) is 0 Å². The van der Waals surface area contributed by atoms with Crippen molar-refractivity contribution in [1.29, 1.82) is 0 Å². The number of para-hydroxylation sites is 1. The van der Waals surface area contributed by atoms with E-state index in [9.17, 15) is 14.7 Å². The first kappa shape index (κ1) is 20.0. The fraction of sp³-hybridized carbons (Fsp3) is 0.467. The van der Waals surface area contributed by atoms with Crippen LogP contribution in [0.15, 0.2) is 24.3 Å². The molecule has 0 saturated heterocycles. The third-order valence-electron chi connectivity index (χ3n) is 2.89. The maximum Gasteiger partial charge on any atom is 1.00 e. The monoisotopic (exact) mass is 303 g/mol. The fourth-order valence-corrected chi connectivity index (χ4v) is 1.75.